The second-order valence-corrected chi connectivity index (χ2v) is 6.23. The largest absolute Gasteiger partial charge is 0.464 e. The summed E-state index contributed by atoms with van der Waals surface area (Å²) in [6, 6.07) is 5.40. The van der Waals surface area contributed by atoms with Gasteiger partial charge >= 0.3 is 5.63 Å². The van der Waals surface area contributed by atoms with E-state index in [4.69, 9.17) is 8.83 Å². The Morgan fingerprint density at radius 1 is 1.28 bits per heavy atom. The van der Waals surface area contributed by atoms with Crippen molar-refractivity contribution in [1.82, 2.24) is 5.32 Å². The van der Waals surface area contributed by atoms with Gasteiger partial charge in [-0.1, -0.05) is 6.92 Å². The average molecular weight is 343 g/mol. The molecule has 0 spiro atoms. The highest BCUT2D eigenvalue weighted by molar-refractivity contribution is 5.94. The molecule has 6 heteroatoms. The maximum absolute atomic E-state index is 12.1. The van der Waals surface area contributed by atoms with Crippen LogP contribution in [0, 0.1) is 6.92 Å². The highest BCUT2D eigenvalue weighted by Gasteiger charge is 2.12. The SMILES string of the molecule is CCC(O)CNC(=O)CCc1cc2cc3c(C)coc3cc2oc1=O. The predicted molar refractivity (Wildman–Crippen MR) is 94.6 cm³/mol. The third-order valence-electron chi connectivity index (χ3n) is 4.32. The minimum Gasteiger partial charge on any atom is -0.464 e. The van der Waals surface area contributed by atoms with E-state index >= 15 is 0 Å². The van der Waals surface area contributed by atoms with Gasteiger partial charge in [-0.25, -0.2) is 4.79 Å². The van der Waals surface area contributed by atoms with E-state index in [1.807, 2.05) is 19.9 Å². The molecule has 1 unspecified atom stereocenters. The molecule has 6 nitrogen and oxygen atoms in total. The number of carbonyl (C=O) groups excluding carboxylic acids is 1. The van der Waals surface area contributed by atoms with E-state index in [1.54, 1.807) is 18.4 Å². The number of furan rings is 1. The molecule has 2 heterocycles. The van der Waals surface area contributed by atoms with Crippen LogP contribution in [0.5, 0.6) is 0 Å². The minimum absolute atomic E-state index is 0.166. The van der Waals surface area contributed by atoms with E-state index < -0.39 is 11.7 Å². The Morgan fingerprint density at radius 2 is 2.08 bits per heavy atom. The minimum atomic E-state index is -0.546. The lowest BCUT2D eigenvalue weighted by Gasteiger charge is -2.09. The number of benzene rings is 1. The van der Waals surface area contributed by atoms with Gasteiger partial charge in [0.1, 0.15) is 11.2 Å². The predicted octanol–water partition coefficient (Wildman–Crippen LogP) is 2.67. The van der Waals surface area contributed by atoms with E-state index in [0.717, 1.165) is 16.3 Å². The summed E-state index contributed by atoms with van der Waals surface area (Å²) in [5.74, 6) is -0.201. The number of amides is 1. The summed E-state index contributed by atoms with van der Waals surface area (Å²) in [5.41, 5.74) is 2.16. The van der Waals surface area contributed by atoms with Gasteiger partial charge in [0.2, 0.25) is 5.91 Å². The summed E-state index contributed by atoms with van der Waals surface area (Å²) >= 11 is 0. The first kappa shape index (κ1) is 17.2. The summed E-state index contributed by atoms with van der Waals surface area (Å²) in [7, 11) is 0. The lowest BCUT2D eigenvalue weighted by molar-refractivity contribution is -0.121. The first-order valence-corrected chi connectivity index (χ1v) is 8.37. The monoisotopic (exact) mass is 343 g/mol. The quantitative estimate of drug-likeness (QED) is 0.671. The zero-order valence-electron chi connectivity index (χ0n) is 14.3. The third-order valence-corrected chi connectivity index (χ3v) is 4.32. The Balaban J connectivity index is 1.78. The summed E-state index contributed by atoms with van der Waals surface area (Å²) in [5, 5.41) is 13.9. The highest BCUT2D eigenvalue weighted by atomic mass is 16.4. The van der Waals surface area contributed by atoms with Crippen LogP contribution in [-0.4, -0.2) is 23.7 Å². The van der Waals surface area contributed by atoms with Gasteiger partial charge in [-0.2, -0.15) is 0 Å². The molecule has 1 atom stereocenters. The number of aryl methyl sites for hydroxylation is 2. The van der Waals surface area contributed by atoms with Gasteiger partial charge in [0.05, 0.1) is 12.4 Å². The topological polar surface area (TPSA) is 92.7 Å². The zero-order chi connectivity index (χ0) is 18.0. The maximum atomic E-state index is 12.1. The summed E-state index contributed by atoms with van der Waals surface area (Å²) in [6.07, 6.45) is 2.15. The van der Waals surface area contributed by atoms with Crippen LogP contribution in [0.3, 0.4) is 0 Å². The number of aliphatic hydroxyl groups is 1. The van der Waals surface area contributed by atoms with Gasteiger partial charge in [-0.05, 0) is 37.5 Å². The van der Waals surface area contributed by atoms with E-state index in [0.29, 0.717) is 23.2 Å². The van der Waals surface area contributed by atoms with Crippen LogP contribution >= 0.6 is 0 Å². The fraction of sp³-hybridized carbons (Fsp3) is 0.368. The molecule has 0 saturated carbocycles. The number of rotatable bonds is 6. The number of fused-ring (bicyclic) bond motifs is 2. The lowest BCUT2D eigenvalue weighted by atomic mass is 10.1. The Bertz CT molecular complexity index is 969. The number of nitrogens with one attached hydrogen (secondary N) is 1. The maximum Gasteiger partial charge on any atom is 0.339 e. The second kappa shape index (κ2) is 7.11. The normalized spacial score (nSPS) is 12.6. The van der Waals surface area contributed by atoms with Gasteiger partial charge in [-0.15, -0.1) is 0 Å². The molecule has 0 aliphatic carbocycles. The molecular weight excluding hydrogens is 322 g/mol. The molecule has 0 aliphatic heterocycles. The number of carbonyl (C=O) groups is 1. The molecule has 0 aliphatic rings. The van der Waals surface area contributed by atoms with Crippen molar-refractivity contribution in [2.75, 3.05) is 6.54 Å². The average Bonchev–Trinajstić information content (AvgIpc) is 2.96. The van der Waals surface area contributed by atoms with Crippen molar-refractivity contribution in [2.24, 2.45) is 0 Å². The smallest absolute Gasteiger partial charge is 0.339 e. The molecule has 25 heavy (non-hydrogen) atoms. The van der Waals surface area contributed by atoms with Crippen molar-refractivity contribution in [2.45, 2.75) is 39.2 Å². The molecule has 132 valence electrons. The summed E-state index contributed by atoms with van der Waals surface area (Å²) < 4.78 is 10.8. The lowest BCUT2D eigenvalue weighted by Crippen LogP contribution is -2.32. The molecule has 3 rings (SSSR count). The van der Waals surface area contributed by atoms with Crippen LogP contribution in [0.4, 0.5) is 0 Å². The van der Waals surface area contributed by atoms with Crippen LogP contribution in [0.1, 0.15) is 30.9 Å². The van der Waals surface area contributed by atoms with E-state index in [2.05, 4.69) is 5.32 Å². The Hall–Kier alpha value is -2.60. The first-order valence-electron chi connectivity index (χ1n) is 8.37. The van der Waals surface area contributed by atoms with Gasteiger partial charge < -0.3 is 19.3 Å². The van der Waals surface area contributed by atoms with E-state index in [-0.39, 0.29) is 25.3 Å². The molecule has 0 fully saturated rings. The van der Waals surface area contributed by atoms with Crippen LogP contribution in [0.15, 0.2) is 38.1 Å². The number of aliphatic hydroxyl groups excluding tert-OH is 1. The third kappa shape index (κ3) is 3.74. The Labute approximate surface area is 144 Å². The van der Waals surface area contributed by atoms with Crippen molar-refractivity contribution < 1.29 is 18.7 Å². The standard InChI is InChI=1S/C19H21NO5/c1-3-14(21)9-20-18(22)5-4-12-6-13-7-15-11(2)10-24-17(15)8-16(13)25-19(12)23/h6-8,10,14,21H,3-5,9H2,1-2H3,(H,20,22). The molecule has 2 aromatic heterocycles. The molecule has 0 radical (unpaired) electrons. The van der Waals surface area contributed by atoms with Crippen molar-refractivity contribution >= 4 is 27.8 Å². The molecule has 0 bridgehead atoms. The highest BCUT2D eigenvalue weighted by Crippen LogP contribution is 2.26. The first-order chi connectivity index (χ1) is 12.0. The second-order valence-electron chi connectivity index (χ2n) is 6.23. The van der Waals surface area contributed by atoms with Crippen molar-refractivity contribution in [3.63, 3.8) is 0 Å². The van der Waals surface area contributed by atoms with Gasteiger partial charge in [-0.3, -0.25) is 4.79 Å². The fourth-order valence-corrected chi connectivity index (χ4v) is 2.70. The Kier molecular flexibility index (Phi) is 4.90. The number of hydrogen-bond donors (Lipinski definition) is 2. The summed E-state index contributed by atoms with van der Waals surface area (Å²) in [4.78, 5) is 24.0. The number of hydrogen-bond acceptors (Lipinski definition) is 5. The molecule has 1 aromatic carbocycles. The van der Waals surface area contributed by atoms with Crippen LogP contribution in [0.25, 0.3) is 21.9 Å². The van der Waals surface area contributed by atoms with Crippen molar-refractivity contribution in [3.8, 4) is 0 Å². The van der Waals surface area contributed by atoms with Crippen LogP contribution in [0.2, 0.25) is 0 Å². The van der Waals surface area contributed by atoms with E-state index in [9.17, 15) is 14.7 Å². The fourth-order valence-electron chi connectivity index (χ4n) is 2.70. The van der Waals surface area contributed by atoms with Crippen molar-refractivity contribution in [3.05, 3.63) is 46.0 Å². The molecule has 0 saturated heterocycles. The summed E-state index contributed by atoms with van der Waals surface area (Å²) in [6.45, 7) is 4.02. The molecular formula is C19H21NO5. The van der Waals surface area contributed by atoms with Crippen LogP contribution in [-0.2, 0) is 11.2 Å². The molecule has 2 N–H and O–H groups in total. The zero-order valence-corrected chi connectivity index (χ0v) is 14.3. The van der Waals surface area contributed by atoms with E-state index in [1.165, 1.54) is 0 Å². The van der Waals surface area contributed by atoms with Gasteiger partial charge in [0.15, 0.2) is 0 Å². The van der Waals surface area contributed by atoms with Crippen molar-refractivity contribution in [1.29, 1.82) is 0 Å². The van der Waals surface area contributed by atoms with Gasteiger partial charge in [0, 0.05) is 35.4 Å². The van der Waals surface area contributed by atoms with Gasteiger partial charge in [0.25, 0.3) is 0 Å². The Morgan fingerprint density at radius 3 is 2.84 bits per heavy atom. The molecule has 3 aromatic rings. The van der Waals surface area contributed by atoms with Crippen LogP contribution < -0.4 is 10.9 Å². The molecule has 1 amide bonds.